The SMILES string of the molecule is COc1cc(-c2n[nH]c(-c3ccc(N4CCN(CC(C)C)CC4)cn3)c2CC(F)(F)F)cn2ncnc12. The van der Waals surface area contributed by atoms with E-state index in [-0.39, 0.29) is 17.0 Å². The normalized spacial score (nSPS) is 15.2. The van der Waals surface area contributed by atoms with E-state index in [2.05, 4.69) is 48.9 Å². The van der Waals surface area contributed by atoms with Gasteiger partial charge in [0, 0.05) is 50.0 Å². The van der Waals surface area contributed by atoms with Crippen LogP contribution in [0, 0.1) is 5.92 Å². The number of ether oxygens (including phenoxy) is 1. The van der Waals surface area contributed by atoms with Gasteiger partial charge < -0.3 is 9.64 Å². The predicted octanol–water partition coefficient (Wildman–Crippen LogP) is 4.07. The first-order valence-corrected chi connectivity index (χ1v) is 12.2. The lowest BCUT2D eigenvalue weighted by Crippen LogP contribution is -2.47. The van der Waals surface area contributed by atoms with Gasteiger partial charge in [-0.05, 0) is 24.1 Å². The van der Waals surface area contributed by atoms with Crippen LogP contribution in [0.1, 0.15) is 19.4 Å². The molecule has 1 N–H and O–H groups in total. The summed E-state index contributed by atoms with van der Waals surface area (Å²) in [5.41, 5.74) is 2.64. The Hall–Kier alpha value is -3.67. The van der Waals surface area contributed by atoms with E-state index in [0.29, 0.717) is 28.6 Å². The van der Waals surface area contributed by atoms with Gasteiger partial charge in [0.2, 0.25) is 0 Å². The number of piperazine rings is 1. The highest BCUT2D eigenvalue weighted by atomic mass is 19.4. The summed E-state index contributed by atoms with van der Waals surface area (Å²) in [7, 11) is 1.47. The van der Waals surface area contributed by atoms with Crippen LogP contribution in [-0.4, -0.2) is 80.7 Å². The van der Waals surface area contributed by atoms with Crippen LogP contribution in [0.3, 0.4) is 0 Å². The number of hydrogen-bond donors (Lipinski definition) is 1. The minimum absolute atomic E-state index is 0.0107. The Labute approximate surface area is 212 Å². The highest BCUT2D eigenvalue weighted by Crippen LogP contribution is 2.36. The largest absolute Gasteiger partial charge is 0.493 e. The van der Waals surface area contributed by atoms with E-state index in [0.717, 1.165) is 38.4 Å². The molecule has 37 heavy (non-hydrogen) atoms. The van der Waals surface area contributed by atoms with Gasteiger partial charge in [0.1, 0.15) is 6.33 Å². The molecule has 12 heteroatoms. The van der Waals surface area contributed by atoms with Gasteiger partial charge in [-0.2, -0.15) is 23.4 Å². The van der Waals surface area contributed by atoms with E-state index in [4.69, 9.17) is 4.74 Å². The summed E-state index contributed by atoms with van der Waals surface area (Å²) in [6, 6.07) is 5.26. The molecular weight excluding hydrogens is 485 g/mol. The van der Waals surface area contributed by atoms with Crippen LogP contribution in [0.4, 0.5) is 18.9 Å². The second-order valence-electron chi connectivity index (χ2n) is 9.63. The van der Waals surface area contributed by atoms with Gasteiger partial charge in [0.05, 0.1) is 42.5 Å². The Morgan fingerprint density at radius 3 is 2.54 bits per heavy atom. The number of nitrogens with one attached hydrogen (secondary N) is 1. The molecule has 0 bridgehead atoms. The number of H-pyrrole nitrogens is 1. The summed E-state index contributed by atoms with van der Waals surface area (Å²) in [4.78, 5) is 13.3. The van der Waals surface area contributed by atoms with Gasteiger partial charge in [-0.1, -0.05) is 13.8 Å². The minimum atomic E-state index is -4.44. The van der Waals surface area contributed by atoms with Crippen molar-refractivity contribution in [2.75, 3.05) is 44.7 Å². The number of nitrogens with zero attached hydrogens (tertiary/aromatic N) is 7. The lowest BCUT2D eigenvalue weighted by Gasteiger charge is -2.36. The molecule has 4 aromatic heterocycles. The quantitative estimate of drug-likeness (QED) is 0.398. The zero-order chi connectivity index (χ0) is 26.2. The Kier molecular flexibility index (Phi) is 6.76. The van der Waals surface area contributed by atoms with Crippen LogP contribution < -0.4 is 9.64 Å². The van der Waals surface area contributed by atoms with Crippen LogP contribution in [0.2, 0.25) is 0 Å². The topological polar surface area (TPSA) is 87.5 Å². The molecule has 5 rings (SSSR count). The average Bonchev–Trinajstić information content (AvgIpc) is 3.50. The maximum absolute atomic E-state index is 13.7. The van der Waals surface area contributed by atoms with E-state index in [9.17, 15) is 13.2 Å². The van der Waals surface area contributed by atoms with Crippen molar-refractivity contribution in [1.82, 2.24) is 34.7 Å². The number of halogens is 3. The highest BCUT2D eigenvalue weighted by Gasteiger charge is 2.33. The molecule has 1 saturated heterocycles. The van der Waals surface area contributed by atoms with Crippen LogP contribution >= 0.6 is 0 Å². The molecule has 9 nitrogen and oxygen atoms in total. The summed E-state index contributed by atoms with van der Waals surface area (Å²) >= 11 is 0. The van der Waals surface area contributed by atoms with Gasteiger partial charge in [0.25, 0.3) is 0 Å². The third kappa shape index (κ3) is 5.38. The Morgan fingerprint density at radius 1 is 1.11 bits per heavy atom. The molecule has 1 aliphatic heterocycles. The molecule has 1 aliphatic rings. The van der Waals surface area contributed by atoms with Gasteiger partial charge in [-0.25, -0.2) is 9.50 Å². The zero-order valence-electron chi connectivity index (χ0n) is 21.0. The Balaban J connectivity index is 1.45. The number of hydrogen-bond acceptors (Lipinski definition) is 7. The lowest BCUT2D eigenvalue weighted by atomic mass is 10.0. The van der Waals surface area contributed by atoms with Crippen LogP contribution in [0.5, 0.6) is 5.75 Å². The zero-order valence-corrected chi connectivity index (χ0v) is 21.0. The van der Waals surface area contributed by atoms with E-state index in [1.54, 1.807) is 24.5 Å². The molecule has 0 aromatic carbocycles. The second-order valence-corrected chi connectivity index (χ2v) is 9.63. The maximum Gasteiger partial charge on any atom is 0.393 e. The van der Waals surface area contributed by atoms with E-state index >= 15 is 0 Å². The fraction of sp³-hybridized carbons (Fsp3) is 0.440. The molecular formula is C25H29F3N8O. The van der Waals surface area contributed by atoms with Gasteiger partial charge in [-0.15, -0.1) is 0 Å². The van der Waals surface area contributed by atoms with Crippen molar-refractivity contribution in [2.24, 2.45) is 5.92 Å². The summed E-state index contributed by atoms with van der Waals surface area (Å²) in [6.07, 6.45) is -0.947. The minimum Gasteiger partial charge on any atom is -0.493 e. The number of methoxy groups -OCH3 is 1. The molecule has 0 atom stereocenters. The number of aromatic nitrogens is 6. The van der Waals surface area contributed by atoms with Gasteiger partial charge >= 0.3 is 6.18 Å². The van der Waals surface area contributed by atoms with Crippen molar-refractivity contribution >= 4 is 11.3 Å². The molecule has 1 fully saturated rings. The number of fused-ring (bicyclic) bond motifs is 1. The Bertz CT molecular complexity index is 1350. The number of anilines is 1. The molecule has 0 unspecified atom stereocenters. The standard InChI is InChI=1S/C25H29F3N8O/c1-16(2)13-34-6-8-35(9-7-34)18-4-5-20(29-12-18)23-19(11-25(26,27)28)22(32-33-23)17-10-21(37-3)24-30-15-31-36(24)14-17/h4-5,10,12,14-16H,6-9,11,13H2,1-3H3,(H,32,33). The number of pyridine rings is 2. The first-order valence-electron chi connectivity index (χ1n) is 12.2. The van der Waals surface area contributed by atoms with Crippen molar-refractivity contribution < 1.29 is 17.9 Å². The smallest absolute Gasteiger partial charge is 0.393 e. The Morgan fingerprint density at radius 2 is 1.89 bits per heavy atom. The maximum atomic E-state index is 13.7. The molecule has 0 aliphatic carbocycles. The first kappa shape index (κ1) is 25.0. The summed E-state index contributed by atoms with van der Waals surface area (Å²) in [5, 5.41) is 11.2. The van der Waals surface area contributed by atoms with Crippen LogP contribution in [-0.2, 0) is 6.42 Å². The third-order valence-electron chi connectivity index (χ3n) is 6.44. The molecule has 0 saturated carbocycles. The highest BCUT2D eigenvalue weighted by molar-refractivity contribution is 5.75. The van der Waals surface area contributed by atoms with Crippen LogP contribution in [0.15, 0.2) is 36.9 Å². The summed E-state index contributed by atoms with van der Waals surface area (Å²) in [6.45, 7) is 9.21. The van der Waals surface area contributed by atoms with Crippen molar-refractivity contribution in [1.29, 1.82) is 0 Å². The molecule has 4 aromatic rings. The van der Waals surface area contributed by atoms with E-state index in [1.807, 2.05) is 6.07 Å². The molecule has 0 radical (unpaired) electrons. The van der Waals surface area contributed by atoms with Crippen molar-refractivity contribution in [3.05, 3.63) is 42.5 Å². The first-order chi connectivity index (χ1) is 17.7. The van der Waals surface area contributed by atoms with Crippen LogP contribution in [0.25, 0.3) is 28.3 Å². The van der Waals surface area contributed by atoms with Gasteiger partial charge in [0.15, 0.2) is 11.4 Å². The summed E-state index contributed by atoms with van der Waals surface area (Å²) < 4.78 is 47.8. The number of aromatic amines is 1. The fourth-order valence-corrected chi connectivity index (χ4v) is 4.79. The van der Waals surface area contributed by atoms with Crippen molar-refractivity contribution in [2.45, 2.75) is 26.4 Å². The second kappa shape index (κ2) is 10.0. The van der Waals surface area contributed by atoms with Crippen molar-refractivity contribution in [3.63, 3.8) is 0 Å². The molecule has 5 heterocycles. The third-order valence-corrected chi connectivity index (χ3v) is 6.44. The van der Waals surface area contributed by atoms with E-state index < -0.39 is 12.6 Å². The fourth-order valence-electron chi connectivity index (χ4n) is 4.79. The van der Waals surface area contributed by atoms with Gasteiger partial charge in [-0.3, -0.25) is 15.0 Å². The number of alkyl halides is 3. The molecule has 0 amide bonds. The molecule has 0 spiro atoms. The average molecular weight is 515 g/mol. The molecule has 196 valence electrons. The van der Waals surface area contributed by atoms with Crippen molar-refractivity contribution in [3.8, 4) is 28.4 Å². The van der Waals surface area contributed by atoms with E-state index in [1.165, 1.54) is 18.0 Å². The monoisotopic (exact) mass is 514 g/mol. The summed E-state index contributed by atoms with van der Waals surface area (Å²) in [5.74, 6) is 1.00. The number of rotatable bonds is 7. The predicted molar refractivity (Wildman–Crippen MR) is 134 cm³/mol. The lowest BCUT2D eigenvalue weighted by molar-refractivity contribution is -0.127.